The van der Waals surface area contributed by atoms with Gasteiger partial charge in [0, 0.05) is 37.9 Å². The lowest BCUT2D eigenvalue weighted by molar-refractivity contribution is -0.129. The summed E-state index contributed by atoms with van der Waals surface area (Å²) in [6, 6.07) is 0. The Hall–Kier alpha value is -2.03. The Balaban J connectivity index is 1.57. The molecule has 0 unspecified atom stereocenters. The number of H-pyrrole nitrogens is 1. The van der Waals surface area contributed by atoms with Crippen molar-refractivity contribution in [2.45, 2.75) is 50.2 Å². The van der Waals surface area contributed by atoms with Gasteiger partial charge in [-0.1, -0.05) is 25.1 Å². The summed E-state index contributed by atoms with van der Waals surface area (Å²) < 4.78 is 2.24. The van der Waals surface area contributed by atoms with Crippen molar-refractivity contribution in [1.82, 2.24) is 29.6 Å². The van der Waals surface area contributed by atoms with Crippen LogP contribution in [0.3, 0.4) is 0 Å². The molecule has 2 aromatic heterocycles. The third-order valence-corrected chi connectivity index (χ3v) is 5.28. The molecular weight excluding hydrogens is 338 g/mol. The van der Waals surface area contributed by atoms with Gasteiger partial charge in [-0.3, -0.25) is 4.79 Å². The zero-order chi connectivity index (χ0) is 17.6. The minimum Gasteiger partial charge on any atom is -0.368 e. The molecule has 0 saturated carbocycles. The number of hydrogen-bond acceptors (Lipinski definition) is 6. The first-order valence-corrected chi connectivity index (χ1v) is 9.75. The van der Waals surface area contributed by atoms with Crippen LogP contribution in [0.4, 0.5) is 5.95 Å². The third-order valence-electron chi connectivity index (χ3n) is 4.45. The largest absolute Gasteiger partial charge is 0.368 e. The van der Waals surface area contributed by atoms with Crippen molar-refractivity contribution in [3.63, 3.8) is 0 Å². The second-order valence-electron chi connectivity index (χ2n) is 6.30. The molecule has 0 aliphatic carbocycles. The highest BCUT2D eigenvalue weighted by atomic mass is 32.2. The first kappa shape index (κ1) is 17.8. The van der Waals surface area contributed by atoms with E-state index < -0.39 is 0 Å². The van der Waals surface area contributed by atoms with Gasteiger partial charge in [-0.2, -0.15) is 4.98 Å². The molecule has 3 N–H and O–H groups in total. The Morgan fingerprint density at radius 3 is 3.16 bits per heavy atom. The molecule has 0 spiro atoms. The molecule has 1 amide bonds. The standard InChI is InChI=1S/C16H25N7OS/c1-2-3-7-22-9-6-18-14(22)12-5-4-8-23(10-12)13(24)11-25-16-19-15(17)20-21-16/h6,9,12H,2-5,7-8,10-11H2,1H3,(H3,17,19,20,21)/t12-/m1/s1. The van der Waals surface area contributed by atoms with Crippen LogP contribution >= 0.6 is 11.8 Å². The molecule has 3 heterocycles. The van der Waals surface area contributed by atoms with E-state index in [0.29, 0.717) is 16.8 Å². The maximum atomic E-state index is 12.5. The fraction of sp³-hybridized carbons (Fsp3) is 0.625. The van der Waals surface area contributed by atoms with Crippen molar-refractivity contribution in [2.75, 3.05) is 24.6 Å². The van der Waals surface area contributed by atoms with E-state index in [2.05, 4.69) is 37.9 Å². The lowest BCUT2D eigenvalue weighted by Gasteiger charge is -2.32. The fourth-order valence-corrected chi connectivity index (χ4v) is 3.86. The summed E-state index contributed by atoms with van der Waals surface area (Å²) in [5, 5.41) is 7.04. The molecule has 1 aliphatic heterocycles. The topological polar surface area (TPSA) is 106 Å². The van der Waals surface area contributed by atoms with E-state index in [1.807, 2.05) is 11.1 Å². The van der Waals surface area contributed by atoms with E-state index in [4.69, 9.17) is 5.73 Å². The number of carbonyl (C=O) groups excluding carboxylic acids is 1. The number of anilines is 1. The molecule has 1 aliphatic rings. The lowest BCUT2D eigenvalue weighted by Crippen LogP contribution is -2.40. The van der Waals surface area contributed by atoms with E-state index in [1.54, 1.807) is 0 Å². The monoisotopic (exact) mass is 363 g/mol. The highest BCUT2D eigenvalue weighted by molar-refractivity contribution is 7.99. The number of aryl methyl sites for hydroxylation is 1. The number of piperidine rings is 1. The first-order chi connectivity index (χ1) is 12.2. The number of likely N-dealkylation sites (tertiary alicyclic amines) is 1. The number of hydrogen-bond donors (Lipinski definition) is 2. The van der Waals surface area contributed by atoms with Gasteiger partial charge in [0.25, 0.3) is 0 Å². The number of aromatic amines is 1. The summed E-state index contributed by atoms with van der Waals surface area (Å²) in [7, 11) is 0. The van der Waals surface area contributed by atoms with Crippen LogP contribution in [-0.4, -0.2) is 54.4 Å². The van der Waals surface area contributed by atoms with Gasteiger partial charge >= 0.3 is 0 Å². The molecule has 1 fully saturated rings. The van der Waals surface area contributed by atoms with E-state index in [9.17, 15) is 4.79 Å². The summed E-state index contributed by atoms with van der Waals surface area (Å²) in [6.07, 6.45) is 8.32. The quantitative estimate of drug-likeness (QED) is 0.728. The molecule has 8 nitrogen and oxygen atoms in total. The number of nitrogens with zero attached hydrogens (tertiary/aromatic N) is 5. The van der Waals surface area contributed by atoms with Crippen LogP contribution in [0, 0.1) is 0 Å². The van der Waals surface area contributed by atoms with Crippen LogP contribution in [0.1, 0.15) is 44.3 Å². The lowest BCUT2D eigenvalue weighted by atomic mass is 9.97. The fourth-order valence-electron chi connectivity index (χ4n) is 3.15. The van der Waals surface area contributed by atoms with Crippen LogP contribution in [0.2, 0.25) is 0 Å². The highest BCUT2D eigenvalue weighted by Gasteiger charge is 2.27. The van der Waals surface area contributed by atoms with Crippen molar-refractivity contribution < 1.29 is 4.79 Å². The predicted molar refractivity (Wildman–Crippen MR) is 97.2 cm³/mol. The van der Waals surface area contributed by atoms with Gasteiger partial charge in [0.15, 0.2) is 0 Å². The summed E-state index contributed by atoms with van der Waals surface area (Å²) >= 11 is 1.31. The van der Waals surface area contributed by atoms with Crippen LogP contribution in [-0.2, 0) is 11.3 Å². The summed E-state index contributed by atoms with van der Waals surface area (Å²) in [5.74, 6) is 2.14. The number of rotatable bonds is 7. The molecular formula is C16H25N7OS. The molecule has 25 heavy (non-hydrogen) atoms. The van der Waals surface area contributed by atoms with Gasteiger partial charge in [0.2, 0.25) is 17.0 Å². The minimum atomic E-state index is 0.115. The summed E-state index contributed by atoms with van der Waals surface area (Å²) in [5.41, 5.74) is 5.50. The van der Waals surface area contributed by atoms with Gasteiger partial charge in [-0.05, 0) is 19.3 Å². The molecule has 9 heteroatoms. The molecule has 136 valence electrons. The molecule has 1 atom stereocenters. The van der Waals surface area contributed by atoms with Crippen molar-refractivity contribution >= 4 is 23.6 Å². The molecule has 0 radical (unpaired) electrons. The normalized spacial score (nSPS) is 17.8. The van der Waals surface area contributed by atoms with Crippen molar-refractivity contribution in [1.29, 1.82) is 0 Å². The number of nitrogens with one attached hydrogen (secondary N) is 1. The highest BCUT2D eigenvalue weighted by Crippen LogP contribution is 2.27. The second kappa shape index (κ2) is 8.37. The van der Waals surface area contributed by atoms with Gasteiger partial charge in [-0.15, -0.1) is 5.10 Å². The SMILES string of the molecule is CCCCn1ccnc1[C@@H]1CCCN(C(=O)CSc2n[nH]c(N)n2)C1. The number of carbonyl (C=O) groups is 1. The van der Waals surface area contributed by atoms with Crippen LogP contribution < -0.4 is 5.73 Å². The summed E-state index contributed by atoms with van der Waals surface area (Å²) in [6.45, 7) is 4.73. The number of aromatic nitrogens is 5. The number of amides is 1. The van der Waals surface area contributed by atoms with Crippen molar-refractivity contribution in [3.8, 4) is 0 Å². The average molecular weight is 363 g/mol. The van der Waals surface area contributed by atoms with Crippen molar-refractivity contribution in [2.24, 2.45) is 0 Å². The van der Waals surface area contributed by atoms with E-state index in [-0.39, 0.29) is 11.9 Å². The molecule has 1 saturated heterocycles. The van der Waals surface area contributed by atoms with Crippen LogP contribution in [0.25, 0.3) is 0 Å². The average Bonchev–Trinajstić information content (AvgIpc) is 3.26. The molecule has 2 aromatic rings. The van der Waals surface area contributed by atoms with Crippen molar-refractivity contribution in [3.05, 3.63) is 18.2 Å². The first-order valence-electron chi connectivity index (χ1n) is 8.77. The number of imidazole rings is 1. The number of nitrogen functional groups attached to an aromatic ring is 1. The molecule has 3 rings (SSSR count). The van der Waals surface area contributed by atoms with Gasteiger partial charge in [0.1, 0.15) is 5.82 Å². The Bertz CT molecular complexity index is 698. The molecule has 0 bridgehead atoms. The number of thioether (sulfide) groups is 1. The van der Waals surface area contributed by atoms with Gasteiger partial charge < -0.3 is 15.2 Å². The van der Waals surface area contributed by atoms with Gasteiger partial charge in [0.05, 0.1) is 5.75 Å². The van der Waals surface area contributed by atoms with Crippen LogP contribution in [0.15, 0.2) is 17.6 Å². The Labute approximate surface area is 151 Å². The number of unbranched alkanes of at least 4 members (excludes halogenated alkanes) is 1. The third kappa shape index (κ3) is 4.53. The minimum absolute atomic E-state index is 0.115. The zero-order valence-corrected chi connectivity index (χ0v) is 15.3. The zero-order valence-electron chi connectivity index (χ0n) is 14.5. The predicted octanol–water partition coefficient (Wildman–Crippen LogP) is 1.88. The Morgan fingerprint density at radius 1 is 1.52 bits per heavy atom. The van der Waals surface area contributed by atoms with E-state index >= 15 is 0 Å². The molecule has 0 aromatic carbocycles. The summed E-state index contributed by atoms with van der Waals surface area (Å²) in [4.78, 5) is 23.0. The maximum Gasteiger partial charge on any atom is 0.233 e. The smallest absolute Gasteiger partial charge is 0.233 e. The maximum absolute atomic E-state index is 12.5. The van der Waals surface area contributed by atoms with Gasteiger partial charge in [-0.25, -0.2) is 10.1 Å². The number of nitrogens with two attached hydrogens (primary N) is 1. The van der Waals surface area contributed by atoms with E-state index in [1.165, 1.54) is 11.8 Å². The Kier molecular flexibility index (Phi) is 5.95. The Morgan fingerprint density at radius 2 is 2.40 bits per heavy atom. The second-order valence-corrected chi connectivity index (χ2v) is 7.25. The van der Waals surface area contributed by atoms with E-state index in [0.717, 1.165) is 51.1 Å². The van der Waals surface area contributed by atoms with Crippen LogP contribution in [0.5, 0.6) is 0 Å².